The summed E-state index contributed by atoms with van der Waals surface area (Å²) < 4.78 is 8.58. The van der Waals surface area contributed by atoms with Crippen LogP contribution in [0.3, 0.4) is 0 Å². The molecular formula is C20H31N5O3. The van der Waals surface area contributed by atoms with Gasteiger partial charge >= 0.3 is 0 Å². The third-order valence-corrected chi connectivity index (χ3v) is 6.33. The molecule has 1 spiro atoms. The van der Waals surface area contributed by atoms with Crippen LogP contribution in [-0.2, 0) is 26.5 Å². The highest BCUT2D eigenvalue weighted by atomic mass is 16.5. The number of nitrogens with zero attached hydrogens (tertiary/aromatic N) is 5. The van der Waals surface area contributed by atoms with E-state index in [0.717, 1.165) is 38.4 Å². The van der Waals surface area contributed by atoms with Crippen molar-refractivity contribution in [2.75, 3.05) is 46.3 Å². The van der Waals surface area contributed by atoms with Gasteiger partial charge in [0, 0.05) is 70.9 Å². The average Bonchev–Trinajstić information content (AvgIpc) is 3.18. The number of likely N-dealkylation sites (tertiary alicyclic amines) is 1. The number of hydrogen-bond acceptors (Lipinski definition) is 5. The summed E-state index contributed by atoms with van der Waals surface area (Å²) in [5, 5.41) is 0. The van der Waals surface area contributed by atoms with Gasteiger partial charge < -0.3 is 24.0 Å². The first-order chi connectivity index (χ1) is 13.5. The van der Waals surface area contributed by atoms with Crippen molar-refractivity contribution in [3.8, 4) is 0 Å². The van der Waals surface area contributed by atoms with Crippen LogP contribution in [0.2, 0.25) is 0 Å². The van der Waals surface area contributed by atoms with Gasteiger partial charge in [0.05, 0.1) is 6.54 Å². The van der Waals surface area contributed by atoms with Gasteiger partial charge in [-0.25, -0.2) is 4.98 Å². The zero-order chi connectivity index (χ0) is 19.7. The predicted molar refractivity (Wildman–Crippen MR) is 104 cm³/mol. The predicted octanol–water partition coefficient (Wildman–Crippen LogP) is 0.674. The number of imidazole rings is 1. The largest absolute Gasteiger partial charge is 0.352 e. The highest BCUT2D eigenvalue weighted by Crippen LogP contribution is 2.40. The van der Waals surface area contributed by atoms with Gasteiger partial charge in [-0.05, 0) is 13.5 Å². The molecule has 0 N–H and O–H groups in total. The first-order valence-corrected chi connectivity index (χ1v) is 10.5. The standard InChI is InChI=1S/C20H31N5O3/c1-3-4-17(26)23-8-5-20(6-9-23)19-21-7-10-25(19)15-16(28-20)18(27)24-13-11-22(2)12-14-24/h7,10,16H,3-6,8-9,11-15H2,1-2H3. The van der Waals surface area contributed by atoms with Crippen molar-refractivity contribution in [2.24, 2.45) is 0 Å². The quantitative estimate of drug-likeness (QED) is 0.760. The summed E-state index contributed by atoms with van der Waals surface area (Å²) >= 11 is 0. The van der Waals surface area contributed by atoms with E-state index in [0.29, 0.717) is 38.9 Å². The molecule has 4 rings (SSSR count). The fourth-order valence-corrected chi connectivity index (χ4v) is 4.59. The molecule has 4 heterocycles. The fourth-order valence-electron chi connectivity index (χ4n) is 4.59. The lowest BCUT2D eigenvalue weighted by atomic mass is 9.88. The van der Waals surface area contributed by atoms with E-state index in [1.807, 2.05) is 22.9 Å². The molecule has 0 aromatic carbocycles. The molecule has 28 heavy (non-hydrogen) atoms. The second-order valence-corrected chi connectivity index (χ2v) is 8.26. The highest BCUT2D eigenvalue weighted by molar-refractivity contribution is 5.81. The number of amides is 2. The molecule has 0 radical (unpaired) electrons. The Hall–Kier alpha value is -1.93. The van der Waals surface area contributed by atoms with E-state index in [1.165, 1.54) is 0 Å². The van der Waals surface area contributed by atoms with Crippen LogP contribution < -0.4 is 0 Å². The van der Waals surface area contributed by atoms with Gasteiger partial charge in [0.25, 0.3) is 5.91 Å². The summed E-state index contributed by atoms with van der Waals surface area (Å²) in [4.78, 5) is 36.1. The smallest absolute Gasteiger partial charge is 0.253 e. The lowest BCUT2D eigenvalue weighted by Crippen LogP contribution is -2.57. The fraction of sp³-hybridized carbons (Fsp3) is 0.750. The number of hydrogen-bond donors (Lipinski definition) is 0. The molecule has 1 unspecified atom stereocenters. The number of rotatable bonds is 3. The maximum atomic E-state index is 13.2. The molecule has 1 aromatic rings. The summed E-state index contributed by atoms with van der Waals surface area (Å²) in [6.45, 7) is 7.14. The number of aromatic nitrogens is 2. The molecule has 1 atom stereocenters. The highest BCUT2D eigenvalue weighted by Gasteiger charge is 2.48. The zero-order valence-corrected chi connectivity index (χ0v) is 17.0. The number of piperazine rings is 1. The molecule has 2 amide bonds. The van der Waals surface area contributed by atoms with Gasteiger partial charge in [-0.15, -0.1) is 0 Å². The molecule has 8 heteroatoms. The Morgan fingerprint density at radius 2 is 1.86 bits per heavy atom. The maximum absolute atomic E-state index is 13.2. The van der Waals surface area contributed by atoms with E-state index in [2.05, 4.69) is 21.5 Å². The first-order valence-electron chi connectivity index (χ1n) is 10.5. The minimum atomic E-state index is -0.572. The van der Waals surface area contributed by atoms with Crippen LogP contribution >= 0.6 is 0 Å². The third-order valence-electron chi connectivity index (χ3n) is 6.33. The minimum absolute atomic E-state index is 0.0799. The van der Waals surface area contributed by atoms with Crippen LogP contribution in [-0.4, -0.2) is 88.5 Å². The summed E-state index contributed by atoms with van der Waals surface area (Å²) in [5.74, 6) is 1.19. The number of carbonyl (C=O) groups is 2. The molecule has 154 valence electrons. The van der Waals surface area contributed by atoms with Crippen molar-refractivity contribution in [3.05, 3.63) is 18.2 Å². The van der Waals surface area contributed by atoms with E-state index in [4.69, 9.17) is 4.74 Å². The lowest BCUT2D eigenvalue weighted by molar-refractivity contribution is -0.183. The Morgan fingerprint density at radius 3 is 2.54 bits per heavy atom. The van der Waals surface area contributed by atoms with Crippen LogP contribution in [0.25, 0.3) is 0 Å². The van der Waals surface area contributed by atoms with Crippen LogP contribution in [0, 0.1) is 0 Å². The molecular weight excluding hydrogens is 358 g/mol. The molecule has 2 fully saturated rings. The molecule has 8 nitrogen and oxygen atoms in total. The van der Waals surface area contributed by atoms with E-state index < -0.39 is 11.7 Å². The Labute approximate surface area is 166 Å². The van der Waals surface area contributed by atoms with E-state index >= 15 is 0 Å². The second kappa shape index (κ2) is 7.83. The topological polar surface area (TPSA) is 70.9 Å². The number of carbonyl (C=O) groups excluding carboxylic acids is 2. The van der Waals surface area contributed by atoms with Crippen LogP contribution in [0.15, 0.2) is 12.4 Å². The van der Waals surface area contributed by atoms with Crippen LogP contribution in [0.5, 0.6) is 0 Å². The summed E-state index contributed by atoms with van der Waals surface area (Å²) in [7, 11) is 2.08. The summed E-state index contributed by atoms with van der Waals surface area (Å²) in [6.07, 6.45) is 6.08. The normalized spacial score (nSPS) is 25.0. The molecule has 3 aliphatic heterocycles. The molecule has 2 saturated heterocycles. The summed E-state index contributed by atoms with van der Waals surface area (Å²) in [6, 6.07) is 0. The molecule has 1 aromatic heterocycles. The first kappa shape index (κ1) is 19.4. The number of fused-ring (bicyclic) bond motifs is 2. The van der Waals surface area contributed by atoms with Crippen molar-refractivity contribution < 1.29 is 14.3 Å². The van der Waals surface area contributed by atoms with Crippen molar-refractivity contribution >= 4 is 11.8 Å². The van der Waals surface area contributed by atoms with Crippen LogP contribution in [0.4, 0.5) is 0 Å². The van der Waals surface area contributed by atoms with Gasteiger partial charge in [-0.1, -0.05) is 6.92 Å². The Bertz CT molecular complexity index is 717. The SMILES string of the molecule is CCCC(=O)N1CCC2(CC1)OC(C(=O)N1CCN(C)CC1)Cn1ccnc12. The van der Waals surface area contributed by atoms with E-state index in [-0.39, 0.29) is 11.8 Å². The minimum Gasteiger partial charge on any atom is -0.352 e. The molecule has 0 bridgehead atoms. The number of piperidine rings is 1. The summed E-state index contributed by atoms with van der Waals surface area (Å²) in [5.41, 5.74) is -0.572. The van der Waals surface area contributed by atoms with Gasteiger partial charge in [-0.3, -0.25) is 9.59 Å². The Kier molecular flexibility index (Phi) is 5.42. The van der Waals surface area contributed by atoms with E-state index in [9.17, 15) is 9.59 Å². The van der Waals surface area contributed by atoms with Crippen LogP contribution in [0.1, 0.15) is 38.4 Å². The third kappa shape index (κ3) is 3.55. The molecule has 0 saturated carbocycles. The van der Waals surface area contributed by atoms with Gasteiger partial charge in [0.1, 0.15) is 11.4 Å². The number of likely N-dealkylation sites (N-methyl/N-ethyl adjacent to an activating group) is 1. The monoisotopic (exact) mass is 389 g/mol. The van der Waals surface area contributed by atoms with Crippen molar-refractivity contribution in [1.29, 1.82) is 0 Å². The Balaban J connectivity index is 1.49. The van der Waals surface area contributed by atoms with Gasteiger partial charge in [0.2, 0.25) is 5.91 Å². The lowest BCUT2D eigenvalue weighted by Gasteiger charge is -2.46. The van der Waals surface area contributed by atoms with Gasteiger partial charge in [-0.2, -0.15) is 0 Å². The van der Waals surface area contributed by atoms with E-state index in [1.54, 1.807) is 6.20 Å². The Morgan fingerprint density at radius 1 is 1.14 bits per heavy atom. The van der Waals surface area contributed by atoms with Gasteiger partial charge in [0.15, 0.2) is 6.10 Å². The second-order valence-electron chi connectivity index (χ2n) is 8.26. The van der Waals surface area contributed by atoms with Crippen molar-refractivity contribution in [2.45, 2.75) is 50.9 Å². The van der Waals surface area contributed by atoms with Crippen molar-refractivity contribution in [3.63, 3.8) is 0 Å². The molecule has 3 aliphatic rings. The van der Waals surface area contributed by atoms with Crippen molar-refractivity contribution in [1.82, 2.24) is 24.3 Å². The number of ether oxygens (including phenoxy) is 1. The average molecular weight is 390 g/mol. The molecule has 0 aliphatic carbocycles. The maximum Gasteiger partial charge on any atom is 0.253 e. The zero-order valence-electron chi connectivity index (χ0n) is 17.0.